The minimum Gasteiger partial charge on any atom is -0.466 e. The maximum absolute atomic E-state index is 11.6. The molecule has 3 nitrogen and oxygen atoms in total. The van der Waals surface area contributed by atoms with E-state index < -0.39 is 0 Å². The number of hydrogen-bond acceptors (Lipinski definition) is 2. The van der Waals surface area contributed by atoms with E-state index in [-0.39, 0.29) is 5.91 Å². The molecule has 0 atom stereocenters. The van der Waals surface area contributed by atoms with Crippen molar-refractivity contribution in [3.05, 3.63) is 23.2 Å². The van der Waals surface area contributed by atoms with Crippen molar-refractivity contribution in [3.8, 4) is 0 Å². The van der Waals surface area contributed by atoms with Gasteiger partial charge in [-0.3, -0.25) is 4.79 Å². The molecule has 1 aromatic heterocycles. The molecule has 0 aliphatic rings. The fourth-order valence-corrected chi connectivity index (χ4v) is 1.25. The molecule has 0 saturated carbocycles. The van der Waals surface area contributed by atoms with Gasteiger partial charge in [-0.05, 0) is 25.8 Å². The average Bonchev–Trinajstić information content (AvgIpc) is 2.41. The van der Waals surface area contributed by atoms with E-state index in [0.29, 0.717) is 23.8 Å². The highest BCUT2D eigenvalue weighted by molar-refractivity contribution is 5.95. The molecule has 1 N–H and O–H groups in total. The van der Waals surface area contributed by atoms with Crippen LogP contribution in [-0.2, 0) is 0 Å². The van der Waals surface area contributed by atoms with Crippen molar-refractivity contribution in [2.75, 3.05) is 6.54 Å². The second-order valence-electron chi connectivity index (χ2n) is 3.93. The maximum atomic E-state index is 11.6. The van der Waals surface area contributed by atoms with Gasteiger partial charge in [0.05, 0.1) is 5.56 Å². The largest absolute Gasteiger partial charge is 0.466 e. The van der Waals surface area contributed by atoms with Crippen molar-refractivity contribution >= 4 is 5.91 Å². The molecule has 0 fully saturated rings. The average molecular weight is 195 g/mol. The number of hydrogen-bond donors (Lipinski definition) is 1. The molecule has 0 bridgehead atoms. The van der Waals surface area contributed by atoms with Crippen molar-refractivity contribution in [1.82, 2.24) is 5.32 Å². The third-order valence-electron chi connectivity index (χ3n) is 1.96. The van der Waals surface area contributed by atoms with Crippen LogP contribution in [0.15, 0.2) is 10.5 Å². The van der Waals surface area contributed by atoms with E-state index in [1.165, 1.54) is 0 Å². The van der Waals surface area contributed by atoms with Gasteiger partial charge in [0.2, 0.25) is 0 Å². The summed E-state index contributed by atoms with van der Waals surface area (Å²) in [6.07, 6.45) is 0. The number of carbonyl (C=O) groups excluding carboxylic acids is 1. The van der Waals surface area contributed by atoms with Crippen LogP contribution in [0.2, 0.25) is 0 Å². The highest BCUT2D eigenvalue weighted by atomic mass is 16.3. The van der Waals surface area contributed by atoms with E-state index in [9.17, 15) is 4.79 Å². The Bertz CT molecular complexity index is 326. The van der Waals surface area contributed by atoms with Crippen molar-refractivity contribution in [3.63, 3.8) is 0 Å². The van der Waals surface area contributed by atoms with E-state index in [0.717, 1.165) is 5.76 Å². The van der Waals surface area contributed by atoms with Gasteiger partial charge in [-0.1, -0.05) is 13.8 Å². The molecule has 0 radical (unpaired) electrons. The highest BCUT2D eigenvalue weighted by Crippen LogP contribution is 2.13. The third-order valence-corrected chi connectivity index (χ3v) is 1.96. The molecule has 14 heavy (non-hydrogen) atoms. The quantitative estimate of drug-likeness (QED) is 0.804. The Morgan fingerprint density at radius 2 is 2.14 bits per heavy atom. The van der Waals surface area contributed by atoms with Crippen molar-refractivity contribution in [2.24, 2.45) is 5.92 Å². The van der Waals surface area contributed by atoms with Crippen LogP contribution in [0.1, 0.15) is 35.7 Å². The minimum atomic E-state index is -0.0481. The van der Waals surface area contributed by atoms with E-state index in [1.807, 2.05) is 6.92 Å². The zero-order valence-electron chi connectivity index (χ0n) is 9.18. The molecule has 1 heterocycles. The van der Waals surface area contributed by atoms with Gasteiger partial charge >= 0.3 is 0 Å². The first-order valence-corrected chi connectivity index (χ1v) is 4.86. The Morgan fingerprint density at radius 1 is 1.50 bits per heavy atom. The monoisotopic (exact) mass is 195 g/mol. The summed E-state index contributed by atoms with van der Waals surface area (Å²) in [5.41, 5.74) is 0.642. The smallest absolute Gasteiger partial charge is 0.254 e. The van der Waals surface area contributed by atoms with Gasteiger partial charge in [-0.15, -0.1) is 0 Å². The summed E-state index contributed by atoms with van der Waals surface area (Å²) in [4.78, 5) is 11.6. The van der Waals surface area contributed by atoms with Gasteiger partial charge < -0.3 is 9.73 Å². The number of nitrogens with one attached hydrogen (secondary N) is 1. The number of furan rings is 1. The standard InChI is InChI=1S/C11H17NO2/c1-7(2)6-12-11(13)10-5-8(3)14-9(10)4/h5,7H,6H2,1-4H3,(H,12,13). The van der Waals surface area contributed by atoms with Crippen molar-refractivity contribution in [2.45, 2.75) is 27.7 Å². The summed E-state index contributed by atoms with van der Waals surface area (Å²) in [7, 11) is 0. The van der Waals surface area contributed by atoms with Gasteiger partial charge in [0.1, 0.15) is 11.5 Å². The normalized spacial score (nSPS) is 10.6. The SMILES string of the molecule is Cc1cc(C(=O)NCC(C)C)c(C)o1. The Labute approximate surface area is 84.5 Å². The van der Waals surface area contributed by atoms with Gasteiger partial charge in [-0.25, -0.2) is 0 Å². The van der Waals surface area contributed by atoms with Crippen LogP contribution in [-0.4, -0.2) is 12.5 Å². The molecule has 0 spiro atoms. The summed E-state index contributed by atoms with van der Waals surface area (Å²) in [5, 5.41) is 2.85. The van der Waals surface area contributed by atoms with E-state index >= 15 is 0 Å². The second-order valence-corrected chi connectivity index (χ2v) is 3.93. The zero-order valence-corrected chi connectivity index (χ0v) is 9.18. The lowest BCUT2D eigenvalue weighted by Gasteiger charge is -2.06. The molecule has 3 heteroatoms. The predicted molar refractivity (Wildman–Crippen MR) is 55.4 cm³/mol. The van der Waals surface area contributed by atoms with Gasteiger partial charge in [0.25, 0.3) is 5.91 Å². The predicted octanol–water partition coefficient (Wildman–Crippen LogP) is 2.28. The number of rotatable bonds is 3. The van der Waals surface area contributed by atoms with Crippen LogP contribution in [0.3, 0.4) is 0 Å². The van der Waals surface area contributed by atoms with E-state index in [2.05, 4.69) is 19.2 Å². The fraction of sp³-hybridized carbons (Fsp3) is 0.545. The van der Waals surface area contributed by atoms with Crippen LogP contribution in [0.4, 0.5) is 0 Å². The number of carbonyl (C=O) groups is 1. The van der Waals surface area contributed by atoms with Crippen LogP contribution < -0.4 is 5.32 Å². The second kappa shape index (κ2) is 4.31. The van der Waals surface area contributed by atoms with Crippen LogP contribution in [0.25, 0.3) is 0 Å². The summed E-state index contributed by atoms with van der Waals surface area (Å²) in [6.45, 7) is 8.47. The molecule has 1 aromatic rings. The maximum Gasteiger partial charge on any atom is 0.254 e. The Morgan fingerprint density at radius 3 is 2.57 bits per heavy atom. The van der Waals surface area contributed by atoms with E-state index in [4.69, 9.17) is 4.42 Å². The first-order valence-electron chi connectivity index (χ1n) is 4.86. The molecule has 0 aliphatic carbocycles. The first-order chi connectivity index (χ1) is 6.50. The summed E-state index contributed by atoms with van der Waals surface area (Å²) < 4.78 is 5.28. The van der Waals surface area contributed by atoms with Gasteiger partial charge in [-0.2, -0.15) is 0 Å². The summed E-state index contributed by atoms with van der Waals surface area (Å²) >= 11 is 0. The van der Waals surface area contributed by atoms with Crippen LogP contribution in [0.5, 0.6) is 0 Å². The van der Waals surface area contributed by atoms with Gasteiger partial charge in [0, 0.05) is 6.54 Å². The van der Waals surface area contributed by atoms with Crippen molar-refractivity contribution in [1.29, 1.82) is 0 Å². The molecular weight excluding hydrogens is 178 g/mol. The lowest BCUT2D eigenvalue weighted by Crippen LogP contribution is -2.27. The van der Waals surface area contributed by atoms with Gasteiger partial charge in [0.15, 0.2) is 0 Å². The molecule has 0 aliphatic heterocycles. The Balaban J connectivity index is 2.65. The van der Waals surface area contributed by atoms with E-state index in [1.54, 1.807) is 13.0 Å². The third kappa shape index (κ3) is 2.62. The highest BCUT2D eigenvalue weighted by Gasteiger charge is 2.12. The Kier molecular flexibility index (Phi) is 3.33. The number of aryl methyl sites for hydroxylation is 2. The summed E-state index contributed by atoms with van der Waals surface area (Å²) in [5.74, 6) is 1.88. The molecule has 1 rings (SSSR count). The van der Waals surface area contributed by atoms with Crippen LogP contribution in [0, 0.1) is 19.8 Å². The molecule has 78 valence electrons. The zero-order chi connectivity index (χ0) is 10.7. The molecule has 0 aromatic carbocycles. The molecule has 0 unspecified atom stereocenters. The minimum absolute atomic E-state index is 0.0481. The lowest BCUT2D eigenvalue weighted by atomic mass is 10.2. The number of amides is 1. The van der Waals surface area contributed by atoms with Crippen LogP contribution >= 0.6 is 0 Å². The molecular formula is C11H17NO2. The lowest BCUT2D eigenvalue weighted by molar-refractivity contribution is 0.0947. The fourth-order valence-electron chi connectivity index (χ4n) is 1.25. The van der Waals surface area contributed by atoms with Crippen molar-refractivity contribution < 1.29 is 9.21 Å². The molecule has 1 amide bonds. The summed E-state index contributed by atoms with van der Waals surface area (Å²) in [6, 6.07) is 1.77. The topological polar surface area (TPSA) is 42.2 Å². The molecule has 0 saturated heterocycles. The first kappa shape index (κ1) is 10.8. The Hall–Kier alpha value is -1.25.